The molecule has 1 atom stereocenters. The van der Waals surface area contributed by atoms with E-state index in [2.05, 4.69) is 72.3 Å². The summed E-state index contributed by atoms with van der Waals surface area (Å²) in [7, 11) is 0. The summed E-state index contributed by atoms with van der Waals surface area (Å²) in [4.78, 5) is 12.5. The molecule has 1 aliphatic heterocycles. The second-order valence-electron chi connectivity index (χ2n) is 8.80. The average Bonchev–Trinajstić information content (AvgIpc) is 3.47. The predicted octanol–water partition coefficient (Wildman–Crippen LogP) is 5.06. The minimum atomic E-state index is 0.0516. The van der Waals surface area contributed by atoms with E-state index in [4.69, 9.17) is 10.00 Å². The van der Waals surface area contributed by atoms with Crippen LogP contribution in [0.4, 0.5) is 0 Å². The molecular formula is C28H31N3O2. The topological polar surface area (TPSA) is 67.0 Å². The highest BCUT2D eigenvalue weighted by Crippen LogP contribution is 2.30. The van der Waals surface area contributed by atoms with Crippen molar-refractivity contribution in [2.75, 3.05) is 13.2 Å². The van der Waals surface area contributed by atoms with Crippen LogP contribution in [0.3, 0.4) is 0 Å². The summed E-state index contributed by atoms with van der Waals surface area (Å²) in [6.45, 7) is 5.62. The van der Waals surface area contributed by atoms with E-state index in [0.717, 1.165) is 42.1 Å². The second kappa shape index (κ2) is 10.5. The maximum absolute atomic E-state index is 12.5. The first-order chi connectivity index (χ1) is 16.0. The summed E-state index contributed by atoms with van der Waals surface area (Å²) in [6, 6.07) is 21.1. The Kier molecular flexibility index (Phi) is 7.26. The molecule has 1 unspecified atom stereocenters. The van der Waals surface area contributed by atoms with E-state index in [1.165, 1.54) is 16.7 Å². The van der Waals surface area contributed by atoms with Gasteiger partial charge in [0.25, 0.3) is 0 Å². The van der Waals surface area contributed by atoms with Gasteiger partial charge in [-0.25, -0.2) is 0 Å². The lowest BCUT2D eigenvalue weighted by molar-refractivity contribution is -0.121. The molecule has 1 aliphatic rings. The zero-order valence-electron chi connectivity index (χ0n) is 19.4. The van der Waals surface area contributed by atoms with Crippen LogP contribution < -0.4 is 5.32 Å². The van der Waals surface area contributed by atoms with E-state index >= 15 is 0 Å². The molecule has 1 amide bonds. The molecule has 0 spiro atoms. The zero-order chi connectivity index (χ0) is 23.2. The number of aromatic nitrogens is 1. The molecule has 5 nitrogen and oxygen atoms in total. The summed E-state index contributed by atoms with van der Waals surface area (Å²) in [5.41, 5.74) is 7.86. The van der Waals surface area contributed by atoms with Crippen LogP contribution >= 0.6 is 0 Å². The van der Waals surface area contributed by atoms with Crippen LogP contribution in [0.1, 0.15) is 41.6 Å². The maximum Gasteiger partial charge on any atom is 0.220 e. The highest BCUT2D eigenvalue weighted by atomic mass is 16.5. The molecule has 0 bridgehead atoms. The quantitative estimate of drug-likeness (QED) is 0.532. The number of rotatable bonds is 8. The van der Waals surface area contributed by atoms with Gasteiger partial charge in [-0.3, -0.25) is 4.79 Å². The first-order valence-corrected chi connectivity index (χ1v) is 11.7. The maximum atomic E-state index is 12.5. The van der Waals surface area contributed by atoms with Gasteiger partial charge >= 0.3 is 0 Å². The van der Waals surface area contributed by atoms with Gasteiger partial charge in [0.1, 0.15) is 0 Å². The lowest BCUT2D eigenvalue weighted by Crippen LogP contribution is -2.31. The number of ether oxygens (including phenoxy) is 1. The van der Waals surface area contributed by atoms with E-state index in [0.29, 0.717) is 25.8 Å². The second-order valence-corrected chi connectivity index (χ2v) is 8.80. The third-order valence-corrected chi connectivity index (χ3v) is 6.26. The number of hydrogen-bond acceptors (Lipinski definition) is 3. The minimum Gasteiger partial charge on any atom is -0.376 e. The molecule has 2 aromatic carbocycles. The number of nitrogens with one attached hydrogen (secondary N) is 1. The molecule has 170 valence electrons. The number of hydrogen-bond donors (Lipinski definition) is 1. The van der Waals surface area contributed by atoms with Gasteiger partial charge in [0.15, 0.2) is 0 Å². The van der Waals surface area contributed by atoms with E-state index in [-0.39, 0.29) is 12.0 Å². The van der Waals surface area contributed by atoms with E-state index < -0.39 is 0 Å². The van der Waals surface area contributed by atoms with Crippen LogP contribution in [0, 0.1) is 25.2 Å². The van der Waals surface area contributed by atoms with Crippen LogP contribution in [-0.2, 0) is 22.4 Å². The van der Waals surface area contributed by atoms with Gasteiger partial charge in [0.05, 0.1) is 24.3 Å². The van der Waals surface area contributed by atoms with Crippen molar-refractivity contribution in [1.82, 2.24) is 9.88 Å². The van der Waals surface area contributed by atoms with Gasteiger partial charge in [-0.15, -0.1) is 0 Å². The Hall–Kier alpha value is -3.36. The molecule has 1 N–H and O–H groups in total. The highest BCUT2D eigenvalue weighted by molar-refractivity contribution is 5.76. The molecule has 3 aromatic rings. The number of aryl methyl sites for hydroxylation is 3. The van der Waals surface area contributed by atoms with Crippen LogP contribution in [-0.4, -0.2) is 29.7 Å². The van der Waals surface area contributed by atoms with Crippen molar-refractivity contribution in [3.63, 3.8) is 0 Å². The molecule has 5 heteroatoms. The van der Waals surface area contributed by atoms with E-state index in [1.54, 1.807) is 0 Å². The van der Waals surface area contributed by atoms with Gasteiger partial charge < -0.3 is 14.6 Å². The molecule has 1 aromatic heterocycles. The number of nitriles is 1. The predicted molar refractivity (Wildman–Crippen MR) is 130 cm³/mol. The zero-order valence-corrected chi connectivity index (χ0v) is 19.4. The SMILES string of the molecule is Cc1ccc(-c2ccc(CCC(=O)NCC3CCCO3)n2-c2ccc(CC#N)cc2)c(C)c1. The Morgan fingerprint density at radius 1 is 1.15 bits per heavy atom. The smallest absolute Gasteiger partial charge is 0.220 e. The number of carbonyl (C=O) groups excluding carboxylic acids is 1. The molecule has 4 rings (SSSR count). The van der Waals surface area contributed by atoms with E-state index in [1.807, 2.05) is 12.1 Å². The van der Waals surface area contributed by atoms with Crippen LogP contribution in [0.2, 0.25) is 0 Å². The fourth-order valence-electron chi connectivity index (χ4n) is 4.51. The Labute approximate surface area is 196 Å². The van der Waals surface area contributed by atoms with Gasteiger partial charge in [0, 0.05) is 36.5 Å². The third kappa shape index (κ3) is 5.53. The number of nitrogens with zero attached hydrogens (tertiary/aromatic N) is 2. The lowest BCUT2D eigenvalue weighted by Gasteiger charge is -2.16. The fourth-order valence-corrected chi connectivity index (χ4v) is 4.51. The van der Waals surface area contributed by atoms with E-state index in [9.17, 15) is 4.79 Å². The Morgan fingerprint density at radius 2 is 1.97 bits per heavy atom. The highest BCUT2D eigenvalue weighted by Gasteiger charge is 2.18. The fraction of sp³-hybridized carbons (Fsp3) is 0.357. The summed E-state index contributed by atoms with van der Waals surface area (Å²) in [5.74, 6) is 0.0516. The summed E-state index contributed by atoms with van der Waals surface area (Å²) in [6.07, 6.45) is 3.71. The molecule has 2 heterocycles. The first kappa shape index (κ1) is 22.8. The third-order valence-electron chi connectivity index (χ3n) is 6.26. The Morgan fingerprint density at radius 3 is 2.67 bits per heavy atom. The molecule has 1 saturated heterocycles. The first-order valence-electron chi connectivity index (χ1n) is 11.7. The number of benzene rings is 2. The number of amides is 1. The van der Waals surface area contributed by atoms with Crippen LogP contribution in [0.5, 0.6) is 0 Å². The lowest BCUT2D eigenvalue weighted by atomic mass is 10.0. The Balaban J connectivity index is 1.59. The van der Waals surface area contributed by atoms with Crippen LogP contribution in [0.25, 0.3) is 16.9 Å². The van der Waals surface area contributed by atoms with Gasteiger partial charge in [0.2, 0.25) is 5.91 Å². The van der Waals surface area contributed by atoms with Crippen LogP contribution in [0.15, 0.2) is 54.6 Å². The van der Waals surface area contributed by atoms with Gasteiger partial charge in [-0.2, -0.15) is 5.26 Å². The van der Waals surface area contributed by atoms with Crippen molar-refractivity contribution in [2.24, 2.45) is 0 Å². The standard InChI is InChI=1S/C28H31N3O2/c1-20-5-12-26(21(2)18-20)27-13-10-24(11-14-28(32)30-19-25-4-3-17-33-25)31(27)23-8-6-22(7-9-23)15-16-29/h5-10,12-13,18,25H,3-4,11,14-15,17,19H2,1-2H3,(H,30,32). The van der Waals surface area contributed by atoms with Crippen molar-refractivity contribution in [2.45, 2.75) is 52.1 Å². The molecule has 33 heavy (non-hydrogen) atoms. The summed E-state index contributed by atoms with van der Waals surface area (Å²) < 4.78 is 7.84. The summed E-state index contributed by atoms with van der Waals surface area (Å²) >= 11 is 0. The monoisotopic (exact) mass is 441 g/mol. The Bertz CT molecular complexity index is 1150. The molecule has 0 radical (unpaired) electrons. The van der Waals surface area contributed by atoms with Gasteiger partial charge in [-0.05, 0) is 68.5 Å². The molecule has 1 fully saturated rings. The van der Waals surface area contributed by atoms with Crippen molar-refractivity contribution < 1.29 is 9.53 Å². The normalized spacial score (nSPS) is 15.4. The van der Waals surface area contributed by atoms with Crippen molar-refractivity contribution >= 4 is 5.91 Å². The number of carbonyl (C=O) groups is 1. The largest absolute Gasteiger partial charge is 0.376 e. The average molecular weight is 442 g/mol. The molecular weight excluding hydrogens is 410 g/mol. The van der Waals surface area contributed by atoms with Crippen molar-refractivity contribution in [1.29, 1.82) is 5.26 Å². The summed E-state index contributed by atoms with van der Waals surface area (Å²) in [5, 5.41) is 12.0. The van der Waals surface area contributed by atoms with Gasteiger partial charge in [-0.1, -0.05) is 35.9 Å². The van der Waals surface area contributed by atoms with Crippen molar-refractivity contribution in [3.8, 4) is 23.0 Å². The molecule has 0 aliphatic carbocycles. The minimum absolute atomic E-state index is 0.0516. The molecule has 0 saturated carbocycles. The van der Waals surface area contributed by atoms with Crippen molar-refractivity contribution in [3.05, 3.63) is 77.0 Å².